The second-order valence-corrected chi connectivity index (χ2v) is 7.57. The summed E-state index contributed by atoms with van der Waals surface area (Å²) in [4.78, 5) is 0. The number of aliphatic hydroxyl groups is 1. The van der Waals surface area contributed by atoms with Crippen LogP contribution < -0.4 is 5.32 Å². The van der Waals surface area contributed by atoms with Gasteiger partial charge in [-0.25, -0.2) is 0 Å². The Morgan fingerprint density at radius 1 is 0.929 bits per heavy atom. The topological polar surface area (TPSA) is 41.5 Å². The molecular formula is C24H24ClNO2. The predicted octanol–water partition coefficient (Wildman–Crippen LogP) is 4.43. The number of ether oxygens (including phenoxy) is 1. The fraction of sp³-hybridized carbons (Fsp3) is 0.250. The van der Waals surface area contributed by atoms with E-state index >= 15 is 0 Å². The molecule has 2 atom stereocenters. The second-order valence-electron chi connectivity index (χ2n) is 7.17. The summed E-state index contributed by atoms with van der Waals surface area (Å²) in [5.74, 6) is 0. The highest BCUT2D eigenvalue weighted by atomic mass is 35.5. The zero-order chi connectivity index (χ0) is 19.4. The van der Waals surface area contributed by atoms with Gasteiger partial charge >= 0.3 is 0 Å². The summed E-state index contributed by atoms with van der Waals surface area (Å²) < 4.78 is 6.00. The molecular weight excluding hydrogens is 370 g/mol. The molecule has 0 unspecified atom stereocenters. The van der Waals surface area contributed by atoms with Gasteiger partial charge in [-0.05, 0) is 22.8 Å². The Labute approximate surface area is 170 Å². The van der Waals surface area contributed by atoms with Crippen LogP contribution in [0.25, 0.3) is 11.1 Å². The fourth-order valence-corrected chi connectivity index (χ4v) is 4.15. The zero-order valence-electron chi connectivity index (χ0n) is 15.6. The van der Waals surface area contributed by atoms with Crippen LogP contribution in [0.1, 0.15) is 11.1 Å². The molecule has 3 aromatic carbocycles. The van der Waals surface area contributed by atoms with E-state index in [0.717, 1.165) is 28.8 Å². The largest absolute Gasteiger partial charge is 0.382 e. The summed E-state index contributed by atoms with van der Waals surface area (Å²) in [6.07, 6.45) is 0.105. The van der Waals surface area contributed by atoms with Crippen LogP contribution >= 0.6 is 11.6 Å². The van der Waals surface area contributed by atoms with E-state index in [0.29, 0.717) is 24.6 Å². The average molecular weight is 394 g/mol. The van der Waals surface area contributed by atoms with Gasteiger partial charge in [-0.2, -0.15) is 0 Å². The maximum absolute atomic E-state index is 11.9. The van der Waals surface area contributed by atoms with E-state index in [9.17, 15) is 5.11 Å². The van der Waals surface area contributed by atoms with Crippen LogP contribution in [-0.2, 0) is 16.8 Å². The smallest absolute Gasteiger partial charge is 0.121 e. The quantitative estimate of drug-likeness (QED) is 0.674. The molecule has 1 fully saturated rings. The molecule has 1 saturated heterocycles. The third kappa shape index (κ3) is 3.85. The first-order chi connectivity index (χ1) is 13.7. The van der Waals surface area contributed by atoms with Gasteiger partial charge in [0.1, 0.15) is 11.7 Å². The van der Waals surface area contributed by atoms with Crippen LogP contribution in [0.4, 0.5) is 0 Å². The van der Waals surface area contributed by atoms with Crippen LogP contribution in [0.15, 0.2) is 78.9 Å². The van der Waals surface area contributed by atoms with Crippen molar-refractivity contribution in [1.29, 1.82) is 0 Å². The van der Waals surface area contributed by atoms with Crippen LogP contribution in [0.3, 0.4) is 0 Å². The highest BCUT2D eigenvalue weighted by Crippen LogP contribution is 2.37. The molecule has 0 aliphatic carbocycles. The molecule has 1 aliphatic rings. The molecule has 0 amide bonds. The van der Waals surface area contributed by atoms with Crippen molar-refractivity contribution >= 4 is 11.6 Å². The zero-order valence-corrected chi connectivity index (χ0v) is 16.4. The molecule has 1 aliphatic heterocycles. The lowest BCUT2D eigenvalue weighted by Gasteiger charge is -2.39. The molecule has 28 heavy (non-hydrogen) atoms. The Morgan fingerprint density at radius 3 is 2.32 bits per heavy atom. The van der Waals surface area contributed by atoms with Gasteiger partial charge in [-0.3, -0.25) is 0 Å². The van der Waals surface area contributed by atoms with Gasteiger partial charge in [0.15, 0.2) is 0 Å². The van der Waals surface area contributed by atoms with Crippen molar-refractivity contribution in [1.82, 2.24) is 5.32 Å². The van der Waals surface area contributed by atoms with Crippen molar-refractivity contribution in [2.24, 2.45) is 0 Å². The molecule has 0 spiro atoms. The summed E-state index contributed by atoms with van der Waals surface area (Å²) in [5.41, 5.74) is 2.75. The Bertz CT molecular complexity index is 925. The van der Waals surface area contributed by atoms with Crippen molar-refractivity contribution in [2.75, 3.05) is 19.7 Å². The van der Waals surface area contributed by atoms with Gasteiger partial charge in [-0.1, -0.05) is 84.4 Å². The third-order valence-electron chi connectivity index (χ3n) is 5.38. The predicted molar refractivity (Wildman–Crippen MR) is 114 cm³/mol. The van der Waals surface area contributed by atoms with Gasteiger partial charge in [0.25, 0.3) is 0 Å². The molecule has 1 heterocycles. The monoisotopic (exact) mass is 393 g/mol. The molecule has 0 saturated carbocycles. The Kier molecular flexibility index (Phi) is 5.79. The normalized spacial score (nSPS) is 19.1. The van der Waals surface area contributed by atoms with E-state index < -0.39 is 5.60 Å². The van der Waals surface area contributed by atoms with Crippen LogP contribution in [0.2, 0.25) is 5.02 Å². The number of halogens is 1. The third-order valence-corrected chi connectivity index (χ3v) is 5.70. The molecule has 3 aromatic rings. The molecule has 2 N–H and O–H groups in total. The number of morpholine rings is 1. The van der Waals surface area contributed by atoms with Gasteiger partial charge in [-0.15, -0.1) is 0 Å². The highest BCUT2D eigenvalue weighted by Gasteiger charge is 2.40. The maximum Gasteiger partial charge on any atom is 0.121 e. The molecule has 4 heteroatoms. The van der Waals surface area contributed by atoms with E-state index in [2.05, 4.69) is 17.4 Å². The number of rotatable bonds is 5. The maximum atomic E-state index is 11.9. The fourth-order valence-electron chi connectivity index (χ4n) is 3.91. The molecule has 144 valence electrons. The minimum Gasteiger partial charge on any atom is -0.382 e. The Morgan fingerprint density at radius 2 is 1.61 bits per heavy atom. The van der Waals surface area contributed by atoms with Gasteiger partial charge in [0.05, 0.1) is 6.61 Å². The van der Waals surface area contributed by atoms with Gasteiger partial charge < -0.3 is 15.2 Å². The van der Waals surface area contributed by atoms with Gasteiger partial charge in [0.2, 0.25) is 0 Å². The minimum atomic E-state index is -1.15. The first-order valence-corrected chi connectivity index (χ1v) is 9.99. The molecule has 4 rings (SSSR count). The lowest BCUT2D eigenvalue weighted by molar-refractivity contribution is -0.124. The van der Waals surface area contributed by atoms with E-state index in [-0.39, 0.29) is 6.10 Å². The van der Waals surface area contributed by atoms with E-state index in [4.69, 9.17) is 16.3 Å². The molecule has 3 nitrogen and oxygen atoms in total. The molecule has 0 radical (unpaired) electrons. The lowest BCUT2D eigenvalue weighted by Crippen LogP contribution is -2.52. The summed E-state index contributed by atoms with van der Waals surface area (Å²) >= 11 is 6.47. The van der Waals surface area contributed by atoms with E-state index in [1.807, 2.05) is 66.7 Å². The van der Waals surface area contributed by atoms with Crippen LogP contribution in [-0.4, -0.2) is 30.9 Å². The van der Waals surface area contributed by atoms with Gasteiger partial charge in [0, 0.05) is 30.1 Å². The Balaban J connectivity index is 1.77. The average Bonchev–Trinajstić information content (AvgIpc) is 2.76. The lowest BCUT2D eigenvalue weighted by atomic mass is 9.80. The standard InChI is InChI=1S/C24H24ClNO2/c25-22-13-7-6-12-21(22)20-11-5-4-8-18(20)16-24(27,19-9-2-1-3-10-19)23-17-26-14-15-28-23/h1-13,23,26-27H,14-17H2/t23-,24+/m1/s1. The Hall–Kier alpha value is -2.17. The summed E-state index contributed by atoms with van der Waals surface area (Å²) in [6.45, 7) is 2.00. The first kappa shape index (κ1) is 19.2. The summed E-state index contributed by atoms with van der Waals surface area (Å²) in [5, 5.41) is 16.0. The van der Waals surface area contributed by atoms with Crippen molar-refractivity contribution in [3.63, 3.8) is 0 Å². The SMILES string of the molecule is O[C@@](Cc1ccccc1-c1ccccc1Cl)(c1ccccc1)[C@H]1CNCCO1. The summed E-state index contributed by atoms with van der Waals surface area (Å²) in [6, 6.07) is 25.7. The molecule has 0 bridgehead atoms. The van der Waals surface area contributed by atoms with Crippen LogP contribution in [0.5, 0.6) is 0 Å². The van der Waals surface area contributed by atoms with Crippen molar-refractivity contribution in [3.8, 4) is 11.1 Å². The van der Waals surface area contributed by atoms with Crippen LogP contribution in [0, 0.1) is 0 Å². The second kappa shape index (κ2) is 8.46. The highest BCUT2D eigenvalue weighted by molar-refractivity contribution is 6.33. The molecule has 0 aromatic heterocycles. The minimum absolute atomic E-state index is 0.331. The number of benzene rings is 3. The number of hydrogen-bond donors (Lipinski definition) is 2. The van der Waals surface area contributed by atoms with E-state index in [1.54, 1.807) is 0 Å². The number of hydrogen-bond acceptors (Lipinski definition) is 3. The van der Waals surface area contributed by atoms with Crippen molar-refractivity contribution in [3.05, 3.63) is 95.0 Å². The summed E-state index contributed by atoms with van der Waals surface area (Å²) in [7, 11) is 0. The van der Waals surface area contributed by atoms with Crippen molar-refractivity contribution < 1.29 is 9.84 Å². The number of nitrogens with one attached hydrogen (secondary N) is 1. The first-order valence-electron chi connectivity index (χ1n) is 9.61. The van der Waals surface area contributed by atoms with Crippen molar-refractivity contribution in [2.45, 2.75) is 18.1 Å². The van der Waals surface area contributed by atoms with E-state index in [1.165, 1.54) is 0 Å².